The fourth-order valence-electron chi connectivity index (χ4n) is 4.70. The zero-order valence-electron chi connectivity index (χ0n) is 18.4. The molecule has 2 saturated heterocycles. The lowest BCUT2D eigenvalue weighted by Crippen LogP contribution is -2.40. The highest BCUT2D eigenvalue weighted by atomic mass is 16.2. The molecule has 1 aromatic carbocycles. The van der Waals surface area contributed by atoms with Crippen LogP contribution in [0.25, 0.3) is 0 Å². The topological polar surface area (TPSA) is 60.0 Å². The number of likely N-dealkylation sites (tertiary alicyclic amines) is 2. The van der Waals surface area contributed by atoms with E-state index in [0.717, 1.165) is 50.5 Å². The van der Waals surface area contributed by atoms with Crippen LogP contribution < -0.4 is 10.6 Å². The van der Waals surface area contributed by atoms with Gasteiger partial charge in [0.2, 0.25) is 5.91 Å². The van der Waals surface area contributed by atoms with Crippen LogP contribution in [-0.4, -0.2) is 73.5 Å². The van der Waals surface area contributed by atoms with Gasteiger partial charge in [0.25, 0.3) is 0 Å². The maximum atomic E-state index is 12.4. The first-order valence-corrected chi connectivity index (χ1v) is 11.8. The summed E-state index contributed by atoms with van der Waals surface area (Å²) in [6, 6.07) is 11.3. The van der Waals surface area contributed by atoms with Crippen molar-refractivity contribution in [1.82, 2.24) is 20.4 Å². The van der Waals surface area contributed by atoms with Gasteiger partial charge in [-0.3, -0.25) is 9.79 Å². The second-order valence-corrected chi connectivity index (χ2v) is 9.13. The van der Waals surface area contributed by atoms with E-state index in [9.17, 15) is 4.79 Å². The Morgan fingerprint density at radius 2 is 1.93 bits per heavy atom. The first-order valence-electron chi connectivity index (χ1n) is 11.8. The van der Waals surface area contributed by atoms with Crippen LogP contribution >= 0.6 is 0 Å². The van der Waals surface area contributed by atoms with Crippen LogP contribution in [0.3, 0.4) is 0 Å². The van der Waals surface area contributed by atoms with E-state index in [1.54, 1.807) is 0 Å². The molecule has 2 heterocycles. The summed E-state index contributed by atoms with van der Waals surface area (Å²) in [4.78, 5) is 21.9. The monoisotopic (exact) mass is 411 g/mol. The molecule has 164 valence electrons. The Balaban J connectivity index is 1.21. The van der Waals surface area contributed by atoms with Gasteiger partial charge in [-0.2, -0.15) is 0 Å². The van der Waals surface area contributed by atoms with E-state index in [-0.39, 0.29) is 5.91 Å². The first kappa shape index (κ1) is 21.2. The highest BCUT2D eigenvalue weighted by Crippen LogP contribution is 2.31. The fourth-order valence-corrected chi connectivity index (χ4v) is 4.70. The highest BCUT2D eigenvalue weighted by molar-refractivity contribution is 5.80. The number of nitrogens with one attached hydrogen (secondary N) is 2. The summed E-state index contributed by atoms with van der Waals surface area (Å²) in [5.74, 6) is 2.21. The van der Waals surface area contributed by atoms with Gasteiger partial charge in [-0.1, -0.05) is 30.3 Å². The third-order valence-electron chi connectivity index (χ3n) is 6.60. The average molecular weight is 412 g/mol. The van der Waals surface area contributed by atoms with Crippen molar-refractivity contribution >= 4 is 11.9 Å². The van der Waals surface area contributed by atoms with Gasteiger partial charge >= 0.3 is 0 Å². The van der Waals surface area contributed by atoms with Crippen molar-refractivity contribution in [3.05, 3.63) is 35.9 Å². The number of hydrogen-bond donors (Lipinski definition) is 2. The Morgan fingerprint density at radius 3 is 2.70 bits per heavy atom. The Bertz CT molecular complexity index is 718. The summed E-state index contributed by atoms with van der Waals surface area (Å²) in [7, 11) is 0. The highest BCUT2D eigenvalue weighted by Gasteiger charge is 2.34. The molecule has 1 saturated carbocycles. The molecule has 0 radical (unpaired) electrons. The zero-order chi connectivity index (χ0) is 20.8. The van der Waals surface area contributed by atoms with Crippen molar-refractivity contribution in [2.45, 2.75) is 45.1 Å². The number of hydrogen-bond acceptors (Lipinski definition) is 3. The number of carbonyl (C=O) groups is 1. The van der Waals surface area contributed by atoms with Crippen molar-refractivity contribution in [3.63, 3.8) is 0 Å². The van der Waals surface area contributed by atoms with Gasteiger partial charge in [-0.15, -0.1) is 0 Å². The summed E-state index contributed by atoms with van der Waals surface area (Å²) in [5.41, 5.74) is 1.29. The Hall–Kier alpha value is -2.08. The molecule has 4 rings (SSSR count). The first-order chi connectivity index (χ1) is 14.7. The summed E-state index contributed by atoms with van der Waals surface area (Å²) in [5, 5.41) is 6.92. The van der Waals surface area contributed by atoms with Crippen LogP contribution in [0.1, 0.15) is 38.2 Å². The lowest BCUT2D eigenvalue weighted by Gasteiger charge is -2.18. The summed E-state index contributed by atoms with van der Waals surface area (Å²) in [6.45, 7) is 8.78. The van der Waals surface area contributed by atoms with E-state index in [2.05, 4.69) is 46.7 Å². The third kappa shape index (κ3) is 5.97. The molecule has 2 atom stereocenters. The van der Waals surface area contributed by atoms with Gasteiger partial charge in [0.05, 0.1) is 0 Å². The molecule has 2 unspecified atom stereocenters. The summed E-state index contributed by atoms with van der Waals surface area (Å²) in [6.07, 6.45) is 5.62. The SMILES string of the molecule is CCNC(=NCC1CC(=O)N(CCc2ccccc2)C1)NCC1CCN(C2CC2)C1. The smallest absolute Gasteiger partial charge is 0.223 e. The molecule has 2 N–H and O–H groups in total. The van der Waals surface area contributed by atoms with Gasteiger partial charge in [-0.25, -0.2) is 0 Å². The second kappa shape index (κ2) is 10.3. The molecule has 3 aliphatic rings. The van der Waals surface area contributed by atoms with Crippen LogP contribution in [0.15, 0.2) is 35.3 Å². The van der Waals surface area contributed by atoms with E-state index in [4.69, 9.17) is 4.99 Å². The Morgan fingerprint density at radius 1 is 1.10 bits per heavy atom. The average Bonchev–Trinajstić information content (AvgIpc) is 3.40. The number of amides is 1. The second-order valence-electron chi connectivity index (χ2n) is 9.13. The maximum Gasteiger partial charge on any atom is 0.223 e. The van der Waals surface area contributed by atoms with E-state index >= 15 is 0 Å². The minimum absolute atomic E-state index is 0.273. The molecular weight excluding hydrogens is 374 g/mol. The van der Waals surface area contributed by atoms with Crippen molar-refractivity contribution in [2.24, 2.45) is 16.8 Å². The standard InChI is InChI=1S/C24H37N5O/c1-2-25-24(26-15-20-11-12-28(17-20)22-8-9-22)27-16-21-14-23(30)29(18-21)13-10-19-6-4-3-5-7-19/h3-7,20-22H,2,8-18H2,1H3,(H2,25,26,27). The number of nitrogens with zero attached hydrogens (tertiary/aromatic N) is 3. The Labute approximate surface area is 181 Å². The van der Waals surface area contributed by atoms with Crippen molar-refractivity contribution < 1.29 is 4.79 Å². The quantitative estimate of drug-likeness (QED) is 0.483. The summed E-state index contributed by atoms with van der Waals surface area (Å²) >= 11 is 0. The Kier molecular flexibility index (Phi) is 7.26. The van der Waals surface area contributed by atoms with Gasteiger partial charge < -0.3 is 20.4 Å². The van der Waals surface area contributed by atoms with Crippen LogP contribution in [0.5, 0.6) is 0 Å². The molecule has 1 aromatic rings. The van der Waals surface area contributed by atoms with E-state index in [0.29, 0.717) is 18.9 Å². The molecule has 0 spiro atoms. The van der Waals surface area contributed by atoms with Gasteiger partial charge in [0.1, 0.15) is 0 Å². The minimum atomic E-state index is 0.273. The minimum Gasteiger partial charge on any atom is -0.357 e. The van der Waals surface area contributed by atoms with Crippen molar-refractivity contribution in [1.29, 1.82) is 0 Å². The summed E-state index contributed by atoms with van der Waals surface area (Å²) < 4.78 is 0. The molecule has 0 bridgehead atoms. The van der Waals surface area contributed by atoms with Crippen molar-refractivity contribution in [2.75, 3.05) is 45.8 Å². The van der Waals surface area contributed by atoms with Gasteiger partial charge in [0.15, 0.2) is 5.96 Å². The molecule has 30 heavy (non-hydrogen) atoms. The van der Waals surface area contributed by atoms with Gasteiger partial charge in [0, 0.05) is 57.6 Å². The number of carbonyl (C=O) groups excluding carboxylic acids is 1. The van der Waals surface area contributed by atoms with E-state index < -0.39 is 0 Å². The number of guanidine groups is 1. The van der Waals surface area contributed by atoms with Gasteiger partial charge in [-0.05, 0) is 50.6 Å². The molecule has 1 aliphatic carbocycles. The van der Waals surface area contributed by atoms with Crippen LogP contribution in [0.2, 0.25) is 0 Å². The largest absolute Gasteiger partial charge is 0.357 e. The third-order valence-corrected chi connectivity index (χ3v) is 6.60. The number of benzene rings is 1. The maximum absolute atomic E-state index is 12.4. The molecule has 2 aliphatic heterocycles. The molecular formula is C24H37N5O. The predicted octanol–water partition coefficient (Wildman–Crippen LogP) is 2.12. The van der Waals surface area contributed by atoms with Crippen LogP contribution in [0, 0.1) is 11.8 Å². The van der Waals surface area contributed by atoms with Crippen molar-refractivity contribution in [3.8, 4) is 0 Å². The number of rotatable bonds is 9. The molecule has 6 nitrogen and oxygen atoms in total. The molecule has 1 amide bonds. The van der Waals surface area contributed by atoms with E-state index in [1.165, 1.54) is 37.9 Å². The molecule has 3 fully saturated rings. The zero-order valence-corrected chi connectivity index (χ0v) is 18.4. The predicted molar refractivity (Wildman–Crippen MR) is 122 cm³/mol. The molecule has 0 aromatic heterocycles. The molecule has 6 heteroatoms. The normalized spacial score (nSPS) is 25.2. The van der Waals surface area contributed by atoms with Crippen LogP contribution in [-0.2, 0) is 11.2 Å². The van der Waals surface area contributed by atoms with Crippen LogP contribution in [0.4, 0.5) is 0 Å². The number of aliphatic imine (C=N–C) groups is 1. The lowest BCUT2D eigenvalue weighted by molar-refractivity contribution is -0.127. The van der Waals surface area contributed by atoms with E-state index in [1.807, 2.05) is 11.0 Å². The fraction of sp³-hybridized carbons (Fsp3) is 0.667. The lowest BCUT2D eigenvalue weighted by atomic mass is 10.1.